The Morgan fingerprint density at radius 1 is 1.08 bits per heavy atom. The molecule has 2 heterocycles. The number of rotatable bonds is 9. The molecule has 1 fully saturated rings. The van der Waals surface area contributed by atoms with Gasteiger partial charge >= 0.3 is 6.03 Å². The van der Waals surface area contributed by atoms with Crippen molar-refractivity contribution >= 4 is 28.7 Å². The highest BCUT2D eigenvalue weighted by Gasteiger charge is 2.48. The van der Waals surface area contributed by atoms with Gasteiger partial charge in [-0.05, 0) is 51.3 Å². The van der Waals surface area contributed by atoms with Crippen LogP contribution in [0, 0.1) is 0 Å². The van der Waals surface area contributed by atoms with Crippen LogP contribution in [0.5, 0.6) is 0 Å². The van der Waals surface area contributed by atoms with Crippen LogP contribution in [0.3, 0.4) is 0 Å². The summed E-state index contributed by atoms with van der Waals surface area (Å²) < 4.78 is 0. The Balaban J connectivity index is 1.40. The van der Waals surface area contributed by atoms with Crippen LogP contribution in [-0.2, 0) is 22.6 Å². The van der Waals surface area contributed by atoms with E-state index in [0.29, 0.717) is 29.6 Å². The van der Waals surface area contributed by atoms with Crippen LogP contribution in [-0.4, -0.2) is 55.8 Å². The normalized spacial score (nSPS) is 17.8. The van der Waals surface area contributed by atoms with Gasteiger partial charge in [0.15, 0.2) is 0 Å². The van der Waals surface area contributed by atoms with Crippen molar-refractivity contribution in [1.29, 1.82) is 0 Å². The molecule has 36 heavy (non-hydrogen) atoms. The standard InChI is InChI=1S/C26H30N6O4/c1-17(2)31(15-21-27-20-12-8-7-11-19(20)23(34)28-21)16-22(33)30-32-24(35)26(3,29-25(32)36)14-13-18-9-5-4-6-10-18/h4-12,17H,13-16H2,1-3H3,(H,29,36)(H,30,33)(H,27,28,34). The number of para-hydroxylation sites is 1. The topological polar surface area (TPSA) is 128 Å². The van der Waals surface area contributed by atoms with Gasteiger partial charge in [-0.25, -0.2) is 9.78 Å². The van der Waals surface area contributed by atoms with E-state index in [0.717, 1.165) is 10.6 Å². The van der Waals surface area contributed by atoms with Crippen LogP contribution in [0.1, 0.15) is 38.6 Å². The molecular formula is C26H30N6O4. The van der Waals surface area contributed by atoms with E-state index in [4.69, 9.17) is 0 Å². The maximum atomic E-state index is 13.0. The number of imide groups is 1. The SMILES string of the molecule is CC(C)N(CC(=O)NN1C(=O)NC(C)(CCc2ccccc2)C1=O)Cc1nc2ccccc2c(=O)[nH]1. The lowest BCUT2D eigenvalue weighted by molar-refractivity contribution is -0.139. The van der Waals surface area contributed by atoms with Crippen LogP contribution < -0.4 is 16.3 Å². The van der Waals surface area contributed by atoms with E-state index in [-0.39, 0.29) is 24.7 Å². The molecule has 4 rings (SSSR count). The summed E-state index contributed by atoms with van der Waals surface area (Å²) in [6, 6.07) is 16.0. The van der Waals surface area contributed by atoms with Crippen molar-refractivity contribution in [2.75, 3.05) is 6.54 Å². The van der Waals surface area contributed by atoms with Gasteiger partial charge in [0.1, 0.15) is 11.4 Å². The summed E-state index contributed by atoms with van der Waals surface area (Å²) in [7, 11) is 0. The van der Waals surface area contributed by atoms with E-state index in [1.165, 1.54) is 0 Å². The number of aromatic amines is 1. The number of urea groups is 1. The van der Waals surface area contributed by atoms with E-state index in [1.807, 2.05) is 44.2 Å². The van der Waals surface area contributed by atoms with Crippen molar-refractivity contribution in [2.45, 2.75) is 51.7 Å². The van der Waals surface area contributed by atoms with Crippen LogP contribution in [0.2, 0.25) is 0 Å². The predicted molar refractivity (Wildman–Crippen MR) is 135 cm³/mol. The maximum Gasteiger partial charge on any atom is 0.344 e. The quantitative estimate of drug-likeness (QED) is 0.394. The average molecular weight is 491 g/mol. The number of carbonyl (C=O) groups is 3. The van der Waals surface area contributed by atoms with Gasteiger partial charge in [0.2, 0.25) is 0 Å². The molecule has 10 nitrogen and oxygen atoms in total. The molecule has 0 spiro atoms. The Morgan fingerprint density at radius 3 is 2.50 bits per heavy atom. The fourth-order valence-corrected chi connectivity index (χ4v) is 4.16. The summed E-state index contributed by atoms with van der Waals surface area (Å²) in [5.41, 5.74) is 2.69. The first-order chi connectivity index (χ1) is 17.2. The zero-order valence-electron chi connectivity index (χ0n) is 20.6. The molecule has 3 N–H and O–H groups in total. The number of aromatic nitrogens is 2. The molecule has 1 aromatic heterocycles. The Kier molecular flexibility index (Phi) is 7.16. The number of hydrogen-bond donors (Lipinski definition) is 3. The van der Waals surface area contributed by atoms with Crippen LogP contribution in [0.4, 0.5) is 4.79 Å². The van der Waals surface area contributed by atoms with E-state index < -0.39 is 23.4 Å². The molecule has 1 aliphatic heterocycles. The minimum absolute atomic E-state index is 0.0771. The van der Waals surface area contributed by atoms with Gasteiger partial charge in [0, 0.05) is 6.04 Å². The number of carbonyl (C=O) groups excluding carboxylic acids is 3. The molecule has 2 aromatic carbocycles. The first-order valence-electron chi connectivity index (χ1n) is 11.9. The molecule has 1 unspecified atom stereocenters. The van der Waals surface area contributed by atoms with Gasteiger partial charge in [0.05, 0.1) is 24.0 Å². The molecule has 1 atom stereocenters. The minimum Gasteiger partial charge on any atom is -0.322 e. The second-order valence-corrected chi connectivity index (χ2v) is 9.45. The van der Waals surface area contributed by atoms with E-state index >= 15 is 0 Å². The predicted octanol–water partition coefficient (Wildman–Crippen LogP) is 2.11. The van der Waals surface area contributed by atoms with E-state index in [1.54, 1.807) is 36.1 Å². The number of nitrogens with one attached hydrogen (secondary N) is 3. The summed E-state index contributed by atoms with van der Waals surface area (Å²) in [6.45, 7) is 5.57. The van der Waals surface area contributed by atoms with Crippen LogP contribution in [0.15, 0.2) is 59.4 Å². The number of fused-ring (bicyclic) bond motifs is 1. The van der Waals surface area contributed by atoms with Gasteiger partial charge in [-0.2, -0.15) is 5.01 Å². The smallest absolute Gasteiger partial charge is 0.322 e. The summed E-state index contributed by atoms with van der Waals surface area (Å²) in [4.78, 5) is 59.9. The fraction of sp³-hybridized carbons (Fsp3) is 0.346. The number of amides is 4. The molecule has 1 saturated heterocycles. The molecule has 188 valence electrons. The Labute approximate surface area is 208 Å². The number of H-pyrrole nitrogens is 1. The Hall–Kier alpha value is -4.05. The molecule has 3 aromatic rings. The van der Waals surface area contributed by atoms with Crippen molar-refractivity contribution in [1.82, 2.24) is 30.6 Å². The highest BCUT2D eigenvalue weighted by molar-refractivity contribution is 6.07. The second kappa shape index (κ2) is 10.3. The summed E-state index contributed by atoms with van der Waals surface area (Å²) in [6.07, 6.45) is 0.996. The first-order valence-corrected chi connectivity index (χ1v) is 11.9. The summed E-state index contributed by atoms with van der Waals surface area (Å²) in [5.74, 6) is -0.611. The molecule has 0 bridgehead atoms. The molecule has 0 radical (unpaired) electrons. The highest BCUT2D eigenvalue weighted by Crippen LogP contribution is 2.22. The van der Waals surface area contributed by atoms with Gasteiger partial charge in [-0.15, -0.1) is 0 Å². The van der Waals surface area contributed by atoms with Gasteiger partial charge < -0.3 is 10.3 Å². The van der Waals surface area contributed by atoms with E-state index in [2.05, 4.69) is 20.7 Å². The van der Waals surface area contributed by atoms with Gasteiger partial charge in [0.25, 0.3) is 17.4 Å². The molecule has 10 heteroatoms. The summed E-state index contributed by atoms with van der Waals surface area (Å²) in [5, 5.41) is 3.95. The summed E-state index contributed by atoms with van der Waals surface area (Å²) >= 11 is 0. The molecule has 1 aliphatic rings. The lowest BCUT2D eigenvalue weighted by Crippen LogP contribution is -2.52. The fourth-order valence-electron chi connectivity index (χ4n) is 4.16. The van der Waals surface area contributed by atoms with Crippen LogP contribution in [0.25, 0.3) is 10.9 Å². The third kappa shape index (κ3) is 5.44. The third-order valence-corrected chi connectivity index (χ3v) is 6.35. The lowest BCUT2D eigenvalue weighted by atomic mass is 9.93. The van der Waals surface area contributed by atoms with Crippen LogP contribution >= 0.6 is 0 Å². The molecular weight excluding hydrogens is 460 g/mol. The lowest BCUT2D eigenvalue weighted by Gasteiger charge is -2.26. The first kappa shape index (κ1) is 25.1. The minimum atomic E-state index is -1.12. The largest absolute Gasteiger partial charge is 0.344 e. The monoisotopic (exact) mass is 490 g/mol. The highest BCUT2D eigenvalue weighted by atomic mass is 16.2. The molecule has 0 aliphatic carbocycles. The van der Waals surface area contributed by atoms with Crippen molar-refractivity contribution in [3.05, 3.63) is 76.3 Å². The third-order valence-electron chi connectivity index (χ3n) is 6.35. The van der Waals surface area contributed by atoms with Crippen molar-refractivity contribution in [2.24, 2.45) is 0 Å². The Bertz CT molecular complexity index is 1340. The molecule has 0 saturated carbocycles. The number of benzene rings is 2. The second-order valence-electron chi connectivity index (χ2n) is 9.45. The van der Waals surface area contributed by atoms with Crippen molar-refractivity contribution in [3.8, 4) is 0 Å². The van der Waals surface area contributed by atoms with E-state index in [9.17, 15) is 19.2 Å². The zero-order chi connectivity index (χ0) is 25.9. The number of nitrogens with zero attached hydrogens (tertiary/aromatic N) is 3. The zero-order valence-corrected chi connectivity index (χ0v) is 20.6. The maximum absolute atomic E-state index is 13.0. The average Bonchev–Trinajstić information content (AvgIpc) is 3.06. The van der Waals surface area contributed by atoms with Gasteiger partial charge in [-0.1, -0.05) is 42.5 Å². The molecule has 4 amide bonds. The number of hydrogen-bond acceptors (Lipinski definition) is 6. The number of aryl methyl sites for hydroxylation is 1. The van der Waals surface area contributed by atoms with Gasteiger partial charge in [-0.3, -0.25) is 24.7 Å². The number of hydrazine groups is 1. The van der Waals surface area contributed by atoms with Crippen molar-refractivity contribution < 1.29 is 14.4 Å². The van der Waals surface area contributed by atoms with Crippen molar-refractivity contribution in [3.63, 3.8) is 0 Å². The Morgan fingerprint density at radius 2 is 1.78 bits per heavy atom.